The lowest BCUT2D eigenvalue weighted by atomic mass is 9.98. The van der Waals surface area contributed by atoms with Crippen molar-refractivity contribution in [3.8, 4) is 0 Å². The minimum absolute atomic E-state index is 0.00362. The summed E-state index contributed by atoms with van der Waals surface area (Å²) in [5, 5.41) is 6.29. The van der Waals surface area contributed by atoms with Gasteiger partial charge in [0.25, 0.3) is 5.91 Å². The Morgan fingerprint density at radius 1 is 1.50 bits per heavy atom. The molecule has 1 aliphatic carbocycles. The molecule has 4 rings (SSSR count). The Morgan fingerprint density at radius 2 is 2.40 bits per heavy atom. The number of hydrogen-bond donors (Lipinski definition) is 3. The smallest absolute Gasteiger partial charge is 0.253 e. The lowest BCUT2D eigenvalue weighted by molar-refractivity contribution is 0.0964. The summed E-state index contributed by atoms with van der Waals surface area (Å²) in [6, 6.07) is 5.70. The number of aromatic amines is 1. The normalized spacial score (nSPS) is 28.1. The molecule has 2 heterocycles. The number of fused-ring (bicyclic) bond motifs is 3. The number of imidazole rings is 1. The molecule has 1 amide bonds. The number of carbonyl (C=O) groups excluding carboxylic acids is 1. The average Bonchev–Trinajstić information content (AvgIpc) is 3.19. The molecule has 1 saturated heterocycles. The van der Waals surface area contributed by atoms with Gasteiger partial charge in [-0.2, -0.15) is 0 Å². The SMILES string of the molecule is CNC(=O)c1cccc2[nH]c(C34CCC(CN3)C4)nc12. The molecule has 20 heavy (non-hydrogen) atoms. The molecule has 5 nitrogen and oxygen atoms in total. The van der Waals surface area contributed by atoms with Crippen molar-refractivity contribution in [3.05, 3.63) is 29.6 Å². The number of aromatic nitrogens is 2. The highest BCUT2D eigenvalue weighted by molar-refractivity contribution is 6.04. The molecule has 5 heteroatoms. The Kier molecular flexibility index (Phi) is 2.41. The zero-order valence-electron chi connectivity index (χ0n) is 11.5. The zero-order valence-corrected chi connectivity index (χ0v) is 11.5. The maximum atomic E-state index is 11.9. The molecule has 2 aromatic rings. The Balaban J connectivity index is 1.85. The summed E-state index contributed by atoms with van der Waals surface area (Å²) < 4.78 is 0. The van der Waals surface area contributed by atoms with Crippen LogP contribution in [0.1, 0.15) is 35.4 Å². The van der Waals surface area contributed by atoms with Crippen LogP contribution in [0, 0.1) is 5.92 Å². The molecular weight excluding hydrogens is 252 g/mol. The Hall–Kier alpha value is -1.88. The van der Waals surface area contributed by atoms with Crippen molar-refractivity contribution < 1.29 is 4.79 Å². The van der Waals surface area contributed by atoms with Gasteiger partial charge in [-0.1, -0.05) is 6.07 Å². The van der Waals surface area contributed by atoms with Crippen LogP contribution in [0.4, 0.5) is 0 Å². The van der Waals surface area contributed by atoms with Gasteiger partial charge in [-0.25, -0.2) is 4.98 Å². The molecule has 2 unspecified atom stereocenters. The topological polar surface area (TPSA) is 69.8 Å². The van der Waals surface area contributed by atoms with E-state index in [0.29, 0.717) is 5.56 Å². The third kappa shape index (κ3) is 1.53. The first kappa shape index (κ1) is 11.9. The number of nitrogens with zero attached hydrogens (tertiary/aromatic N) is 1. The van der Waals surface area contributed by atoms with Crippen molar-refractivity contribution in [3.63, 3.8) is 0 Å². The third-order valence-electron chi connectivity index (χ3n) is 4.78. The van der Waals surface area contributed by atoms with Gasteiger partial charge >= 0.3 is 0 Å². The summed E-state index contributed by atoms with van der Waals surface area (Å²) in [5.41, 5.74) is 2.35. The third-order valence-corrected chi connectivity index (χ3v) is 4.78. The van der Waals surface area contributed by atoms with Crippen LogP contribution < -0.4 is 10.6 Å². The summed E-state index contributed by atoms with van der Waals surface area (Å²) in [6.07, 6.45) is 3.56. The number of piperidine rings is 1. The summed E-state index contributed by atoms with van der Waals surface area (Å²) in [4.78, 5) is 20.1. The van der Waals surface area contributed by atoms with Gasteiger partial charge in [0.1, 0.15) is 11.3 Å². The van der Waals surface area contributed by atoms with Crippen molar-refractivity contribution in [2.75, 3.05) is 13.6 Å². The van der Waals surface area contributed by atoms with E-state index in [1.54, 1.807) is 7.05 Å². The summed E-state index contributed by atoms with van der Waals surface area (Å²) >= 11 is 0. The maximum absolute atomic E-state index is 11.9. The first-order chi connectivity index (χ1) is 9.72. The second-order valence-electron chi connectivity index (χ2n) is 5.94. The average molecular weight is 270 g/mol. The molecule has 1 aromatic heterocycles. The fourth-order valence-electron chi connectivity index (χ4n) is 3.70. The van der Waals surface area contributed by atoms with E-state index >= 15 is 0 Å². The first-order valence-corrected chi connectivity index (χ1v) is 7.18. The number of carbonyl (C=O) groups is 1. The maximum Gasteiger partial charge on any atom is 0.253 e. The lowest BCUT2D eigenvalue weighted by Crippen LogP contribution is -2.38. The van der Waals surface area contributed by atoms with Crippen LogP contribution in [-0.2, 0) is 5.54 Å². The van der Waals surface area contributed by atoms with Crippen LogP contribution in [0.5, 0.6) is 0 Å². The molecule has 0 spiro atoms. The van der Waals surface area contributed by atoms with Gasteiger partial charge in [-0.15, -0.1) is 0 Å². The van der Waals surface area contributed by atoms with E-state index in [0.717, 1.165) is 42.2 Å². The molecule has 3 N–H and O–H groups in total. The quantitative estimate of drug-likeness (QED) is 0.775. The lowest BCUT2D eigenvalue weighted by Gasteiger charge is -2.25. The molecule has 1 saturated carbocycles. The monoisotopic (exact) mass is 270 g/mol. The number of para-hydroxylation sites is 1. The van der Waals surface area contributed by atoms with Crippen molar-refractivity contribution in [1.82, 2.24) is 20.6 Å². The van der Waals surface area contributed by atoms with Crippen LogP contribution in [-0.4, -0.2) is 29.5 Å². The number of nitrogens with one attached hydrogen (secondary N) is 3. The number of amides is 1. The first-order valence-electron chi connectivity index (χ1n) is 7.18. The summed E-state index contributed by atoms with van der Waals surface area (Å²) in [7, 11) is 1.65. The van der Waals surface area contributed by atoms with E-state index < -0.39 is 0 Å². The Labute approximate surface area is 117 Å². The molecular formula is C15H18N4O. The standard InChI is InChI=1S/C15H18N4O/c1-16-13(20)10-3-2-4-11-12(10)19-14(18-11)15-6-5-9(7-15)8-17-15/h2-4,9,17H,5-8H2,1H3,(H,16,20)(H,18,19). The predicted molar refractivity (Wildman–Crippen MR) is 76.5 cm³/mol. The highest BCUT2D eigenvalue weighted by Gasteiger charge is 2.47. The highest BCUT2D eigenvalue weighted by atomic mass is 16.1. The molecule has 104 valence electrons. The second kappa shape index (κ2) is 4.06. The molecule has 1 aromatic carbocycles. The highest BCUT2D eigenvalue weighted by Crippen LogP contribution is 2.46. The molecule has 2 fully saturated rings. The molecule has 2 bridgehead atoms. The number of hydrogen-bond acceptors (Lipinski definition) is 3. The van der Waals surface area contributed by atoms with Crippen molar-refractivity contribution in [2.45, 2.75) is 24.8 Å². The van der Waals surface area contributed by atoms with E-state index in [1.807, 2.05) is 18.2 Å². The summed E-state index contributed by atoms with van der Waals surface area (Å²) in [6.45, 7) is 1.08. The van der Waals surface area contributed by atoms with Gasteiger partial charge in [-0.3, -0.25) is 4.79 Å². The Morgan fingerprint density at radius 3 is 3.05 bits per heavy atom. The van der Waals surface area contributed by atoms with Crippen LogP contribution in [0.25, 0.3) is 11.0 Å². The number of rotatable bonds is 2. The zero-order chi connectivity index (χ0) is 13.7. The molecule has 1 aliphatic heterocycles. The van der Waals surface area contributed by atoms with Crippen LogP contribution >= 0.6 is 0 Å². The van der Waals surface area contributed by atoms with Gasteiger partial charge in [0.2, 0.25) is 0 Å². The largest absolute Gasteiger partial charge is 0.355 e. The molecule has 2 atom stereocenters. The number of benzene rings is 1. The minimum atomic E-state index is -0.0881. The second-order valence-corrected chi connectivity index (χ2v) is 5.94. The van der Waals surface area contributed by atoms with E-state index in [9.17, 15) is 4.79 Å². The predicted octanol–water partition coefficient (Wildman–Crippen LogP) is 1.52. The van der Waals surface area contributed by atoms with Gasteiger partial charge in [0, 0.05) is 7.05 Å². The van der Waals surface area contributed by atoms with Crippen LogP contribution in [0.15, 0.2) is 18.2 Å². The van der Waals surface area contributed by atoms with E-state index in [4.69, 9.17) is 4.98 Å². The van der Waals surface area contributed by atoms with E-state index in [2.05, 4.69) is 15.6 Å². The minimum Gasteiger partial charge on any atom is -0.355 e. The van der Waals surface area contributed by atoms with Gasteiger partial charge in [0.15, 0.2) is 0 Å². The number of H-pyrrole nitrogens is 1. The van der Waals surface area contributed by atoms with Gasteiger partial charge in [0.05, 0.1) is 16.6 Å². The van der Waals surface area contributed by atoms with Crippen LogP contribution in [0.3, 0.4) is 0 Å². The Bertz CT molecular complexity index is 682. The van der Waals surface area contributed by atoms with Crippen LogP contribution in [0.2, 0.25) is 0 Å². The summed E-state index contributed by atoms with van der Waals surface area (Å²) in [5.74, 6) is 1.68. The van der Waals surface area contributed by atoms with Crippen molar-refractivity contribution in [2.24, 2.45) is 5.92 Å². The van der Waals surface area contributed by atoms with Crippen molar-refractivity contribution in [1.29, 1.82) is 0 Å². The van der Waals surface area contributed by atoms with Gasteiger partial charge < -0.3 is 15.6 Å². The van der Waals surface area contributed by atoms with E-state index in [-0.39, 0.29) is 11.4 Å². The fourth-order valence-corrected chi connectivity index (χ4v) is 3.70. The molecule has 0 radical (unpaired) electrons. The van der Waals surface area contributed by atoms with E-state index in [1.165, 1.54) is 6.42 Å². The fraction of sp³-hybridized carbons (Fsp3) is 0.467. The van der Waals surface area contributed by atoms with Gasteiger partial charge in [-0.05, 0) is 43.9 Å². The molecule has 2 aliphatic rings. The van der Waals surface area contributed by atoms with Crippen molar-refractivity contribution >= 4 is 16.9 Å².